The molecule has 0 aliphatic rings. The minimum Gasteiger partial charge on any atom is -0.176 e. The quantitative estimate of drug-likeness (QED) is 0.171. The van der Waals surface area contributed by atoms with Crippen molar-refractivity contribution in [3.05, 3.63) is 24.3 Å². The molecule has 210 valence electrons. The first-order valence-corrected chi connectivity index (χ1v) is 22.1. The van der Waals surface area contributed by atoms with Gasteiger partial charge in [-0.15, -0.1) is 0 Å². The van der Waals surface area contributed by atoms with Gasteiger partial charge in [-0.25, -0.2) is 0 Å². The molecule has 0 spiro atoms. The molecule has 0 amide bonds. The molecule has 0 N–H and O–H groups in total. The summed E-state index contributed by atoms with van der Waals surface area (Å²) in [6.07, 6.45) is -0.224. The van der Waals surface area contributed by atoms with E-state index in [0.717, 1.165) is 10.4 Å². The van der Waals surface area contributed by atoms with Gasteiger partial charge in [0.25, 0.3) is 0 Å². The van der Waals surface area contributed by atoms with Crippen LogP contribution in [0.2, 0.25) is 38.3 Å². The van der Waals surface area contributed by atoms with Crippen LogP contribution in [0.25, 0.3) is 0 Å². The first-order chi connectivity index (χ1) is 15.9. The summed E-state index contributed by atoms with van der Waals surface area (Å²) in [6, 6.07) is 7.82. The first kappa shape index (κ1) is 33.1. The van der Waals surface area contributed by atoms with E-state index in [4.69, 9.17) is 0 Å². The molecule has 0 bridgehead atoms. The molecule has 0 radical (unpaired) electrons. The van der Waals surface area contributed by atoms with Gasteiger partial charge in [0.05, 0.1) is 16.1 Å². The Labute approximate surface area is 212 Å². The molecule has 0 aromatic heterocycles. The average molecular weight is 637 g/mol. The maximum absolute atomic E-state index is 13.1. The van der Waals surface area contributed by atoms with Crippen LogP contribution in [0.15, 0.2) is 24.3 Å². The Morgan fingerprint density at radius 3 is 0.972 bits per heavy atom. The third kappa shape index (κ3) is 9.76. The molecule has 0 saturated carbocycles. The van der Waals surface area contributed by atoms with Crippen molar-refractivity contribution in [3.8, 4) is 0 Å². The molecule has 0 fully saturated rings. The molecule has 0 aliphatic heterocycles. The SMILES string of the molecule is C[Si](C)(CCCN(S(=O)(=O)F)S(=O)(=O)F)c1ccc([Si](C)(C)CCCN(S(=O)(=O)F)S(=O)(=O)F)cc1. The second-order valence-electron chi connectivity index (χ2n) is 9.31. The van der Waals surface area contributed by atoms with Crippen LogP contribution in [-0.2, 0) is 41.6 Å². The van der Waals surface area contributed by atoms with Crippen molar-refractivity contribution in [1.29, 1.82) is 0 Å². The molecule has 36 heavy (non-hydrogen) atoms. The molecule has 20 heteroatoms. The Balaban J connectivity index is 2.89. The number of hydrogen-bond donors (Lipinski definition) is 0. The number of hydrogen-bond acceptors (Lipinski definition) is 8. The zero-order chi connectivity index (χ0) is 28.4. The van der Waals surface area contributed by atoms with Crippen LogP contribution in [0.1, 0.15) is 12.8 Å². The highest BCUT2D eigenvalue weighted by Crippen LogP contribution is 2.20. The summed E-state index contributed by atoms with van der Waals surface area (Å²) in [5, 5.41) is 1.76. The van der Waals surface area contributed by atoms with Crippen LogP contribution >= 0.6 is 0 Å². The molecule has 10 nitrogen and oxygen atoms in total. The Bertz CT molecular complexity index is 1190. The third-order valence-electron chi connectivity index (χ3n) is 5.71. The van der Waals surface area contributed by atoms with Crippen molar-refractivity contribution in [3.63, 3.8) is 0 Å². The number of nitrogens with zero attached hydrogens (tertiary/aromatic N) is 2. The molecule has 0 unspecified atom stereocenters. The van der Waals surface area contributed by atoms with Gasteiger partial charge in [0, 0.05) is 13.1 Å². The maximum atomic E-state index is 13.1. The summed E-state index contributed by atoms with van der Waals surface area (Å²) in [4.78, 5) is 0. The van der Waals surface area contributed by atoms with Gasteiger partial charge >= 0.3 is 41.6 Å². The predicted molar refractivity (Wildman–Crippen MR) is 133 cm³/mol. The van der Waals surface area contributed by atoms with Crippen molar-refractivity contribution < 1.29 is 49.2 Å². The smallest absolute Gasteiger partial charge is 0.176 e. The minimum absolute atomic E-state index is 0.112. The fourth-order valence-corrected chi connectivity index (χ4v) is 11.5. The lowest BCUT2D eigenvalue weighted by atomic mass is 10.4. The van der Waals surface area contributed by atoms with Crippen LogP contribution in [-0.4, -0.2) is 70.3 Å². The molecule has 0 saturated heterocycles. The highest BCUT2D eigenvalue weighted by Gasteiger charge is 2.36. The van der Waals surface area contributed by atoms with Gasteiger partial charge in [0.1, 0.15) is 0 Å². The van der Waals surface area contributed by atoms with Gasteiger partial charge in [-0.2, -0.15) is 33.7 Å². The zero-order valence-corrected chi connectivity index (χ0v) is 25.1. The van der Waals surface area contributed by atoms with Crippen LogP contribution in [0.3, 0.4) is 0 Å². The molecule has 0 heterocycles. The molecule has 1 rings (SSSR count). The van der Waals surface area contributed by atoms with Crippen molar-refractivity contribution in [1.82, 2.24) is 7.42 Å². The Morgan fingerprint density at radius 2 is 0.778 bits per heavy atom. The van der Waals surface area contributed by atoms with E-state index >= 15 is 0 Å². The highest BCUT2D eigenvalue weighted by atomic mass is 32.3. The molecule has 1 aromatic rings. The van der Waals surface area contributed by atoms with Crippen molar-refractivity contribution >= 4 is 68.2 Å². The Kier molecular flexibility index (Phi) is 10.5. The van der Waals surface area contributed by atoms with E-state index in [1.54, 1.807) is 24.3 Å². The fraction of sp³-hybridized carbons (Fsp3) is 0.625. The van der Waals surface area contributed by atoms with Crippen LogP contribution in [0.4, 0.5) is 15.5 Å². The Morgan fingerprint density at radius 1 is 0.556 bits per heavy atom. The molecular weight excluding hydrogens is 609 g/mol. The third-order valence-corrected chi connectivity index (χ3v) is 17.5. The van der Waals surface area contributed by atoms with Gasteiger partial charge in [-0.1, -0.05) is 88.5 Å². The monoisotopic (exact) mass is 636 g/mol. The van der Waals surface area contributed by atoms with Crippen molar-refractivity contribution in [2.24, 2.45) is 0 Å². The van der Waals surface area contributed by atoms with Gasteiger partial charge in [-0.3, -0.25) is 0 Å². The molecule has 0 aliphatic carbocycles. The fourth-order valence-electron chi connectivity index (χ4n) is 3.61. The topological polar surface area (TPSA) is 143 Å². The highest BCUT2D eigenvalue weighted by molar-refractivity contribution is 7.99. The average Bonchev–Trinajstić information content (AvgIpc) is 2.64. The summed E-state index contributed by atoms with van der Waals surface area (Å²) < 4.78 is 138. The van der Waals surface area contributed by atoms with E-state index in [1.165, 1.54) is 0 Å². The van der Waals surface area contributed by atoms with Crippen LogP contribution in [0, 0.1) is 0 Å². The van der Waals surface area contributed by atoms with E-state index in [9.17, 15) is 49.2 Å². The van der Waals surface area contributed by atoms with E-state index in [1.807, 2.05) is 26.2 Å². The van der Waals surface area contributed by atoms with Crippen LogP contribution < -0.4 is 10.4 Å². The second kappa shape index (κ2) is 11.5. The van der Waals surface area contributed by atoms with Crippen LogP contribution in [0.5, 0.6) is 0 Å². The minimum atomic E-state index is -5.78. The van der Waals surface area contributed by atoms with Gasteiger partial charge in [0.15, 0.2) is 0 Å². The summed E-state index contributed by atoms with van der Waals surface area (Å²) in [6.45, 7) is 5.81. The van der Waals surface area contributed by atoms with Crippen molar-refractivity contribution in [2.45, 2.75) is 51.1 Å². The number of rotatable bonds is 14. The number of halogens is 4. The van der Waals surface area contributed by atoms with Gasteiger partial charge in [-0.05, 0) is 20.3 Å². The zero-order valence-electron chi connectivity index (χ0n) is 19.9. The number of benzene rings is 1. The molecular formula is C16H28F4N2O8S4Si2. The standard InChI is InChI=1S/C16H28F4N2O8S4Si2/c1-35(2,13-5-11-21(31(17,23)24)32(18,25)26)15-7-9-16(10-8-15)36(3,4)14-6-12-22(33(19,27)28)34(20,29)30/h7-10H,5-6,11-14H2,1-4H3. The summed E-state index contributed by atoms with van der Waals surface area (Å²) in [5.41, 5.74) is 0. The second-order valence-corrected chi connectivity index (χ2v) is 24.5. The van der Waals surface area contributed by atoms with Gasteiger partial charge in [0.2, 0.25) is 0 Å². The largest absolute Gasteiger partial charge is 0.390 e. The molecule has 1 aromatic carbocycles. The summed E-state index contributed by atoms with van der Waals surface area (Å²) >= 11 is 0. The maximum Gasteiger partial charge on any atom is 0.390 e. The first-order valence-electron chi connectivity index (χ1n) is 10.3. The predicted octanol–water partition coefficient (Wildman–Crippen LogP) is 1.76. The van der Waals surface area contributed by atoms with E-state index in [2.05, 4.69) is 0 Å². The lowest BCUT2D eigenvalue weighted by Gasteiger charge is -2.27. The lowest BCUT2D eigenvalue weighted by Crippen LogP contribution is -2.46. The Hall–Kier alpha value is -0.906. The normalized spacial score (nSPS) is 14.5. The summed E-state index contributed by atoms with van der Waals surface area (Å²) in [7, 11) is -27.7. The van der Waals surface area contributed by atoms with E-state index in [-0.39, 0.29) is 12.8 Å². The molecule has 0 atom stereocenters. The van der Waals surface area contributed by atoms with Crippen molar-refractivity contribution in [2.75, 3.05) is 13.1 Å². The summed E-state index contributed by atoms with van der Waals surface area (Å²) in [5.74, 6) is 0. The van der Waals surface area contributed by atoms with E-state index < -0.39 is 78.3 Å². The lowest BCUT2D eigenvalue weighted by molar-refractivity contribution is 0.438. The van der Waals surface area contributed by atoms with E-state index in [0.29, 0.717) is 12.1 Å². The van der Waals surface area contributed by atoms with Gasteiger partial charge < -0.3 is 0 Å².